The van der Waals surface area contributed by atoms with E-state index in [2.05, 4.69) is 10.3 Å². The number of aryl methyl sites for hydroxylation is 1. The number of sulfone groups is 1. The molecule has 0 spiro atoms. The Kier molecular flexibility index (Phi) is 3.50. The molecule has 3 N–H and O–H groups in total. The lowest BCUT2D eigenvalue weighted by atomic mass is 10.0. The molecule has 0 unspecified atom stereocenters. The Hall–Kier alpha value is -2.19. The van der Waals surface area contributed by atoms with Crippen LogP contribution in [0.2, 0.25) is 0 Å². The maximum absolute atomic E-state index is 12.0. The molecule has 22 heavy (non-hydrogen) atoms. The van der Waals surface area contributed by atoms with Crippen molar-refractivity contribution in [2.24, 2.45) is 0 Å². The fourth-order valence-corrected chi connectivity index (χ4v) is 4.30. The van der Waals surface area contributed by atoms with Crippen molar-refractivity contribution in [3.05, 3.63) is 29.5 Å². The lowest BCUT2D eigenvalue weighted by Crippen LogP contribution is -2.12. The van der Waals surface area contributed by atoms with Crippen LogP contribution in [0.5, 0.6) is 0 Å². The highest BCUT2D eigenvalue weighted by molar-refractivity contribution is 7.91. The van der Waals surface area contributed by atoms with Crippen molar-refractivity contribution in [2.45, 2.75) is 11.3 Å². The number of aromatic carboxylic acids is 1. The van der Waals surface area contributed by atoms with Gasteiger partial charge in [0.05, 0.1) is 28.5 Å². The van der Waals surface area contributed by atoms with Gasteiger partial charge < -0.3 is 15.5 Å². The van der Waals surface area contributed by atoms with E-state index < -0.39 is 15.8 Å². The van der Waals surface area contributed by atoms with Crippen LogP contribution in [0.4, 0.5) is 5.69 Å². The van der Waals surface area contributed by atoms with Crippen molar-refractivity contribution in [1.29, 1.82) is 0 Å². The lowest BCUT2D eigenvalue weighted by molar-refractivity contribution is 0.0697. The van der Waals surface area contributed by atoms with Gasteiger partial charge >= 0.3 is 5.97 Å². The van der Waals surface area contributed by atoms with E-state index in [0.717, 1.165) is 0 Å². The number of nitrogens with one attached hydrogen (secondary N) is 1. The summed E-state index contributed by atoms with van der Waals surface area (Å²) in [4.78, 5) is 15.7. The first-order valence-electron chi connectivity index (χ1n) is 6.71. The summed E-state index contributed by atoms with van der Waals surface area (Å²) in [7, 11) is -3.32. The molecule has 2 heterocycles. The number of rotatable bonds is 4. The summed E-state index contributed by atoms with van der Waals surface area (Å²) in [5.74, 6) is -1.15. The minimum atomic E-state index is -3.32. The molecule has 0 aliphatic carbocycles. The number of hydrogen-bond donors (Lipinski definition) is 3. The topological polar surface area (TPSA) is 117 Å². The first-order valence-corrected chi connectivity index (χ1v) is 8.36. The first-order chi connectivity index (χ1) is 10.5. The van der Waals surface area contributed by atoms with Crippen LogP contribution < -0.4 is 5.32 Å². The maximum Gasteiger partial charge on any atom is 0.339 e. The van der Waals surface area contributed by atoms with Gasteiger partial charge in [0.2, 0.25) is 0 Å². The van der Waals surface area contributed by atoms with Crippen LogP contribution in [0.1, 0.15) is 15.9 Å². The van der Waals surface area contributed by atoms with Crippen LogP contribution in [0.25, 0.3) is 10.9 Å². The molecule has 1 aliphatic heterocycles. The summed E-state index contributed by atoms with van der Waals surface area (Å²) < 4.78 is 24.1. The highest BCUT2D eigenvalue weighted by atomic mass is 32.2. The van der Waals surface area contributed by atoms with Gasteiger partial charge in [0.15, 0.2) is 9.84 Å². The van der Waals surface area contributed by atoms with Crippen LogP contribution in [0, 0.1) is 0 Å². The van der Waals surface area contributed by atoms with Gasteiger partial charge in [-0.25, -0.2) is 13.2 Å². The molecule has 1 aromatic heterocycles. The molecule has 0 saturated carbocycles. The number of pyridine rings is 1. The van der Waals surface area contributed by atoms with E-state index in [1.807, 2.05) is 0 Å². The van der Waals surface area contributed by atoms with Crippen LogP contribution in [0.3, 0.4) is 0 Å². The van der Waals surface area contributed by atoms with E-state index in [-0.39, 0.29) is 29.4 Å². The minimum absolute atomic E-state index is 0.0121. The summed E-state index contributed by atoms with van der Waals surface area (Å²) in [6.45, 7) is -0.00793. The van der Waals surface area contributed by atoms with E-state index in [1.165, 1.54) is 12.3 Å². The summed E-state index contributed by atoms with van der Waals surface area (Å²) in [6.07, 6.45) is 1.56. The first kappa shape index (κ1) is 14.7. The number of fused-ring (bicyclic) bond motifs is 3. The Morgan fingerprint density at radius 2 is 2.14 bits per heavy atom. The van der Waals surface area contributed by atoms with E-state index in [4.69, 9.17) is 5.11 Å². The zero-order chi connectivity index (χ0) is 15.9. The molecule has 0 bridgehead atoms. The average Bonchev–Trinajstić information content (AvgIpc) is 2.79. The zero-order valence-corrected chi connectivity index (χ0v) is 12.4. The summed E-state index contributed by atoms with van der Waals surface area (Å²) in [6, 6.07) is 3.09. The van der Waals surface area contributed by atoms with Crippen molar-refractivity contribution >= 4 is 32.4 Å². The molecule has 1 aliphatic rings. The fourth-order valence-electron chi connectivity index (χ4n) is 2.75. The normalized spacial score (nSPS) is 15.7. The summed E-state index contributed by atoms with van der Waals surface area (Å²) >= 11 is 0. The molecular weight excluding hydrogens is 308 g/mol. The Morgan fingerprint density at radius 1 is 1.36 bits per heavy atom. The quantitative estimate of drug-likeness (QED) is 0.757. The molecule has 7 nitrogen and oxygen atoms in total. The van der Waals surface area contributed by atoms with Crippen LogP contribution in [-0.2, 0) is 16.3 Å². The maximum atomic E-state index is 12.0. The van der Waals surface area contributed by atoms with Gasteiger partial charge in [-0.2, -0.15) is 0 Å². The van der Waals surface area contributed by atoms with E-state index in [9.17, 15) is 18.3 Å². The van der Waals surface area contributed by atoms with Crippen molar-refractivity contribution in [3.63, 3.8) is 0 Å². The second kappa shape index (κ2) is 5.22. The highest BCUT2D eigenvalue weighted by Gasteiger charge is 2.30. The van der Waals surface area contributed by atoms with Crippen LogP contribution >= 0.6 is 0 Å². The van der Waals surface area contributed by atoms with Gasteiger partial charge in [-0.15, -0.1) is 0 Å². The van der Waals surface area contributed by atoms with E-state index in [0.29, 0.717) is 28.6 Å². The number of carbonyl (C=O) groups is 1. The molecule has 0 atom stereocenters. The number of hydrogen-bond acceptors (Lipinski definition) is 6. The molecular formula is C14H14N2O5S. The molecule has 0 amide bonds. The second-order valence-electron chi connectivity index (χ2n) is 5.01. The largest absolute Gasteiger partial charge is 0.478 e. The van der Waals surface area contributed by atoms with Gasteiger partial charge in [-0.3, -0.25) is 4.98 Å². The number of nitrogens with zero attached hydrogens (tertiary/aromatic N) is 1. The summed E-state index contributed by atoms with van der Waals surface area (Å²) in [5, 5.41) is 21.7. The third-order valence-electron chi connectivity index (χ3n) is 3.70. The predicted octanol–water partition coefficient (Wildman–Crippen LogP) is 0.667. The van der Waals surface area contributed by atoms with Gasteiger partial charge in [0.25, 0.3) is 0 Å². The summed E-state index contributed by atoms with van der Waals surface area (Å²) in [5.41, 5.74) is 1.38. The third-order valence-corrected chi connectivity index (χ3v) is 5.49. The monoisotopic (exact) mass is 322 g/mol. The SMILES string of the molecule is O=C(O)c1cnc2ccc3c(c2c1NCCO)CCS3(=O)=O. The molecule has 116 valence electrons. The standard InChI is InChI=1S/C14H14N2O5S/c17-5-4-15-13-9(14(18)19)7-16-10-1-2-11-8(12(10)13)3-6-22(11,20)21/h1-2,7,17H,3-6H2,(H,15,16)(H,18,19). The minimum Gasteiger partial charge on any atom is -0.478 e. The van der Waals surface area contributed by atoms with Crippen molar-refractivity contribution in [1.82, 2.24) is 4.98 Å². The van der Waals surface area contributed by atoms with Crippen LogP contribution in [-0.4, -0.2) is 48.5 Å². The molecule has 2 aromatic rings. The predicted molar refractivity (Wildman–Crippen MR) is 80.0 cm³/mol. The molecule has 0 saturated heterocycles. The van der Waals surface area contributed by atoms with Gasteiger partial charge in [-0.1, -0.05) is 0 Å². The van der Waals surface area contributed by atoms with Gasteiger partial charge in [0, 0.05) is 18.1 Å². The Balaban J connectivity index is 2.37. The zero-order valence-electron chi connectivity index (χ0n) is 11.5. The third kappa shape index (κ3) is 2.20. The number of carboxylic acid groups (broad SMARTS) is 1. The van der Waals surface area contributed by atoms with Crippen molar-refractivity contribution < 1.29 is 23.4 Å². The van der Waals surface area contributed by atoms with E-state index in [1.54, 1.807) is 6.07 Å². The molecule has 3 rings (SSSR count). The van der Waals surface area contributed by atoms with Crippen LogP contribution in [0.15, 0.2) is 23.2 Å². The van der Waals surface area contributed by atoms with Gasteiger partial charge in [0.1, 0.15) is 5.56 Å². The smallest absolute Gasteiger partial charge is 0.339 e. The number of aliphatic hydroxyl groups excluding tert-OH is 1. The molecule has 0 radical (unpaired) electrons. The number of aromatic nitrogens is 1. The highest BCUT2D eigenvalue weighted by Crippen LogP contribution is 2.37. The van der Waals surface area contributed by atoms with Crippen molar-refractivity contribution in [3.8, 4) is 0 Å². The Bertz CT molecular complexity index is 876. The molecule has 1 aromatic carbocycles. The fraction of sp³-hybridized carbons (Fsp3) is 0.286. The molecule has 8 heteroatoms. The Morgan fingerprint density at radius 3 is 2.82 bits per heavy atom. The number of aliphatic hydroxyl groups is 1. The van der Waals surface area contributed by atoms with E-state index >= 15 is 0 Å². The number of carboxylic acids is 1. The lowest BCUT2D eigenvalue weighted by Gasteiger charge is -2.14. The number of anilines is 1. The van der Waals surface area contributed by atoms with Crippen molar-refractivity contribution in [2.75, 3.05) is 24.2 Å². The number of benzene rings is 1. The molecule has 0 fully saturated rings. The Labute approximate surface area is 126 Å². The van der Waals surface area contributed by atoms with Gasteiger partial charge in [-0.05, 0) is 24.1 Å². The average molecular weight is 322 g/mol. The second-order valence-corrected chi connectivity index (χ2v) is 7.09.